The van der Waals surface area contributed by atoms with E-state index in [9.17, 15) is 19.5 Å². The zero-order chi connectivity index (χ0) is 16.4. The van der Waals surface area contributed by atoms with Gasteiger partial charge in [-0.3, -0.25) is 9.59 Å². The molecule has 0 bridgehead atoms. The number of carbonyl (C=O) groups is 3. The van der Waals surface area contributed by atoms with Gasteiger partial charge >= 0.3 is 5.97 Å². The zero-order valence-corrected chi connectivity index (χ0v) is 14.2. The first-order valence-electron chi connectivity index (χ1n) is 6.79. The summed E-state index contributed by atoms with van der Waals surface area (Å²) in [5.41, 5.74) is 0.0806. The molecule has 0 saturated carbocycles. The van der Waals surface area contributed by atoms with Crippen LogP contribution >= 0.6 is 23.5 Å². The van der Waals surface area contributed by atoms with Crippen molar-refractivity contribution in [1.82, 2.24) is 10.2 Å². The number of β-lactam (4-membered cyclic amide) rings is 1. The maximum atomic E-state index is 12.3. The van der Waals surface area contributed by atoms with Gasteiger partial charge in [0.1, 0.15) is 5.70 Å². The minimum atomic E-state index is -1.08. The lowest BCUT2D eigenvalue weighted by atomic mass is 9.85. The Kier molecular flexibility index (Phi) is 5.23. The van der Waals surface area contributed by atoms with E-state index >= 15 is 0 Å². The molecule has 120 valence electrons. The smallest absolute Gasteiger partial charge is 0.353 e. The highest BCUT2D eigenvalue weighted by atomic mass is 32.2. The zero-order valence-electron chi connectivity index (χ0n) is 12.5. The molecular weight excluding hydrogens is 324 g/mol. The number of aliphatic carboxylic acids is 1. The summed E-state index contributed by atoms with van der Waals surface area (Å²) in [6.45, 7) is 3.39. The van der Waals surface area contributed by atoms with Crippen LogP contribution in [0.1, 0.15) is 20.3 Å². The van der Waals surface area contributed by atoms with Crippen molar-refractivity contribution >= 4 is 41.3 Å². The van der Waals surface area contributed by atoms with Gasteiger partial charge in [0.05, 0.1) is 12.0 Å². The number of hydrogen-bond donors (Lipinski definition) is 2. The molecule has 2 rings (SSSR count). The number of fused-ring (bicyclic) bond motifs is 1. The number of nitrogens with one attached hydrogen (secondary N) is 1. The predicted octanol–water partition coefficient (Wildman–Crippen LogP) is 1.61. The van der Waals surface area contributed by atoms with E-state index in [1.165, 1.54) is 29.8 Å². The van der Waals surface area contributed by atoms with Gasteiger partial charge in [0.2, 0.25) is 11.8 Å². The summed E-state index contributed by atoms with van der Waals surface area (Å²) in [5, 5.41) is 13.7. The molecule has 2 heterocycles. The molecule has 6 nitrogen and oxygen atoms in total. The van der Waals surface area contributed by atoms with Crippen LogP contribution in [-0.4, -0.2) is 45.3 Å². The summed E-state index contributed by atoms with van der Waals surface area (Å²) >= 11 is 2.85. The van der Waals surface area contributed by atoms with Crippen LogP contribution in [0.3, 0.4) is 0 Å². The molecule has 0 aromatic carbocycles. The van der Waals surface area contributed by atoms with Crippen LogP contribution < -0.4 is 5.32 Å². The molecule has 22 heavy (non-hydrogen) atoms. The lowest BCUT2D eigenvalue weighted by molar-refractivity contribution is -0.154. The van der Waals surface area contributed by atoms with Crippen LogP contribution in [0.5, 0.6) is 0 Å². The first kappa shape index (κ1) is 17.0. The Morgan fingerprint density at radius 2 is 2.18 bits per heavy atom. The van der Waals surface area contributed by atoms with Gasteiger partial charge in [-0.1, -0.05) is 18.7 Å². The van der Waals surface area contributed by atoms with Crippen LogP contribution in [0, 0.1) is 5.92 Å². The molecule has 1 fully saturated rings. The van der Waals surface area contributed by atoms with Gasteiger partial charge in [-0.25, -0.2) is 4.79 Å². The van der Waals surface area contributed by atoms with Crippen molar-refractivity contribution in [1.29, 1.82) is 0 Å². The number of amides is 2. The molecule has 0 aromatic rings. The van der Waals surface area contributed by atoms with Gasteiger partial charge < -0.3 is 15.3 Å². The van der Waals surface area contributed by atoms with Gasteiger partial charge in [-0.05, 0) is 11.7 Å². The quantitative estimate of drug-likeness (QED) is 0.713. The van der Waals surface area contributed by atoms with E-state index in [-0.39, 0.29) is 34.7 Å². The minimum absolute atomic E-state index is 0.0577. The number of carboxylic acid groups (broad SMARTS) is 1. The Morgan fingerprint density at radius 1 is 1.50 bits per heavy atom. The fourth-order valence-corrected chi connectivity index (χ4v) is 4.19. The van der Waals surface area contributed by atoms with Gasteiger partial charge in [-0.2, -0.15) is 11.8 Å². The van der Waals surface area contributed by atoms with Crippen molar-refractivity contribution in [2.24, 2.45) is 5.92 Å². The van der Waals surface area contributed by atoms with E-state index in [0.29, 0.717) is 11.3 Å². The molecule has 2 aliphatic heterocycles. The summed E-state index contributed by atoms with van der Waals surface area (Å²) < 4.78 is 0. The van der Waals surface area contributed by atoms with E-state index in [1.54, 1.807) is 17.2 Å². The van der Waals surface area contributed by atoms with Gasteiger partial charge in [-0.15, -0.1) is 0 Å². The van der Waals surface area contributed by atoms with Crippen LogP contribution in [0.25, 0.3) is 0 Å². The van der Waals surface area contributed by atoms with Crippen molar-refractivity contribution in [3.05, 3.63) is 22.2 Å². The van der Waals surface area contributed by atoms with Crippen molar-refractivity contribution in [2.75, 3.05) is 6.26 Å². The first-order valence-corrected chi connectivity index (χ1v) is 8.96. The molecule has 0 aromatic heterocycles. The molecule has 3 atom stereocenters. The molecule has 0 aliphatic carbocycles. The molecular formula is C14H18N2O4S2. The standard InChI is InChI=1S/C14H18N2O4S2/c1-7(21-3)11-9-6-10(22-5-4-15-8(2)17)12(14(19)20)16(9)13(11)18/h4-5,7,9,11H,6H2,1-3H3,(H,15,17)(H,19,20)/t7-,9-,11-/m1/s1. The fourth-order valence-electron chi connectivity index (χ4n) is 2.74. The molecule has 8 heteroatoms. The van der Waals surface area contributed by atoms with E-state index in [2.05, 4.69) is 5.32 Å². The third kappa shape index (κ3) is 3.03. The maximum Gasteiger partial charge on any atom is 0.353 e. The molecule has 0 spiro atoms. The van der Waals surface area contributed by atoms with E-state index in [1.807, 2.05) is 13.2 Å². The number of thioether (sulfide) groups is 2. The second-order valence-electron chi connectivity index (χ2n) is 5.14. The van der Waals surface area contributed by atoms with Gasteiger partial charge in [0.15, 0.2) is 0 Å². The Morgan fingerprint density at radius 3 is 2.73 bits per heavy atom. The fraction of sp³-hybridized carbons (Fsp3) is 0.500. The van der Waals surface area contributed by atoms with E-state index in [0.717, 1.165) is 0 Å². The molecule has 2 N–H and O–H groups in total. The number of rotatable bonds is 6. The molecule has 0 unspecified atom stereocenters. The summed E-state index contributed by atoms with van der Waals surface area (Å²) in [6.07, 6.45) is 3.98. The van der Waals surface area contributed by atoms with Gasteiger partial charge in [0.25, 0.3) is 0 Å². The minimum Gasteiger partial charge on any atom is -0.477 e. The lowest BCUT2D eigenvalue weighted by Crippen LogP contribution is -2.61. The Bertz CT molecular complexity index is 573. The highest BCUT2D eigenvalue weighted by Crippen LogP contribution is 2.48. The Hall–Kier alpha value is -1.41. The third-order valence-electron chi connectivity index (χ3n) is 3.81. The van der Waals surface area contributed by atoms with Crippen molar-refractivity contribution < 1.29 is 19.5 Å². The molecule has 1 saturated heterocycles. The normalized spacial score (nSPS) is 25.2. The lowest BCUT2D eigenvalue weighted by Gasteiger charge is -2.45. The average molecular weight is 342 g/mol. The van der Waals surface area contributed by atoms with Gasteiger partial charge in [0, 0.05) is 29.7 Å². The summed E-state index contributed by atoms with van der Waals surface area (Å²) in [5.74, 6) is -1.50. The molecule has 0 radical (unpaired) electrons. The largest absolute Gasteiger partial charge is 0.477 e. The molecule has 2 aliphatic rings. The number of hydrogen-bond acceptors (Lipinski definition) is 5. The summed E-state index contributed by atoms with van der Waals surface area (Å²) in [4.78, 5) is 36.6. The van der Waals surface area contributed by atoms with Crippen LogP contribution in [0.15, 0.2) is 22.2 Å². The van der Waals surface area contributed by atoms with Crippen molar-refractivity contribution in [2.45, 2.75) is 31.6 Å². The topological polar surface area (TPSA) is 86.7 Å². The Balaban J connectivity index is 2.13. The summed E-state index contributed by atoms with van der Waals surface area (Å²) in [7, 11) is 0. The highest BCUT2D eigenvalue weighted by molar-refractivity contribution is 8.05. The predicted molar refractivity (Wildman–Crippen MR) is 86.9 cm³/mol. The number of nitrogens with zero attached hydrogens (tertiary/aromatic N) is 1. The monoisotopic (exact) mass is 342 g/mol. The SMILES string of the molecule is CS[C@H](C)[C@H]1C(=O)N2C(C(=O)O)=C(SC=CNC(C)=O)C[C@H]12. The van der Waals surface area contributed by atoms with Crippen molar-refractivity contribution in [3.63, 3.8) is 0 Å². The van der Waals surface area contributed by atoms with Crippen LogP contribution in [-0.2, 0) is 14.4 Å². The highest BCUT2D eigenvalue weighted by Gasteiger charge is 2.56. The number of carboxylic acids is 1. The second kappa shape index (κ2) is 6.78. The van der Waals surface area contributed by atoms with E-state index < -0.39 is 5.97 Å². The number of carbonyl (C=O) groups excluding carboxylic acids is 2. The van der Waals surface area contributed by atoms with E-state index in [4.69, 9.17) is 0 Å². The third-order valence-corrected chi connectivity index (χ3v) is 5.77. The first-order chi connectivity index (χ1) is 10.4. The average Bonchev–Trinajstić information content (AvgIpc) is 2.78. The summed E-state index contributed by atoms with van der Waals surface area (Å²) in [6, 6.07) is -0.0577. The molecule has 2 amide bonds. The van der Waals surface area contributed by atoms with Crippen LogP contribution in [0.2, 0.25) is 0 Å². The Labute approximate surface area is 137 Å². The van der Waals surface area contributed by atoms with Crippen molar-refractivity contribution in [3.8, 4) is 0 Å². The maximum absolute atomic E-state index is 12.3. The second-order valence-corrected chi connectivity index (χ2v) is 7.36. The van der Waals surface area contributed by atoms with Crippen LogP contribution in [0.4, 0.5) is 0 Å².